The van der Waals surface area contributed by atoms with Gasteiger partial charge in [-0.15, -0.1) is 0 Å². The number of carbonyl (C=O) groups is 1. The summed E-state index contributed by atoms with van der Waals surface area (Å²) in [6, 6.07) is 6.59. The molecule has 0 aliphatic carbocycles. The summed E-state index contributed by atoms with van der Waals surface area (Å²) in [4.78, 5) is 11.9. The fourth-order valence-corrected chi connectivity index (χ4v) is 1.91. The number of benzene rings is 1. The van der Waals surface area contributed by atoms with E-state index in [1.165, 1.54) is 0 Å². The first kappa shape index (κ1) is 15.3. The number of nitrogens with zero attached hydrogens (tertiary/aromatic N) is 1. The summed E-state index contributed by atoms with van der Waals surface area (Å²) < 4.78 is 0. The van der Waals surface area contributed by atoms with Crippen molar-refractivity contribution in [2.24, 2.45) is 16.8 Å². The van der Waals surface area contributed by atoms with E-state index in [1.54, 1.807) is 18.2 Å². The maximum absolute atomic E-state index is 11.9. The third kappa shape index (κ3) is 4.79. The molecule has 4 N–H and O–H groups in total. The Kier molecular flexibility index (Phi) is 5.63. The summed E-state index contributed by atoms with van der Waals surface area (Å²) in [6.45, 7) is 3.75. The Bertz CT molecular complexity index is 475. The molecule has 0 aromatic heterocycles. The average molecular weight is 284 g/mol. The molecule has 1 aromatic rings. The van der Waals surface area contributed by atoms with Gasteiger partial charge in [-0.3, -0.25) is 4.79 Å². The standard InChI is InChI=1S/C13H18ClN3O2/c1-8(2)12(13(15)17-19)16-11(18)7-9-4-3-5-10(14)6-9/h3-6,8,12,19H,7H2,1-2H3,(H2,15,17)(H,16,18). The smallest absolute Gasteiger partial charge is 0.225 e. The second kappa shape index (κ2) is 6.99. The van der Waals surface area contributed by atoms with Crippen molar-refractivity contribution in [1.82, 2.24) is 5.32 Å². The fourth-order valence-electron chi connectivity index (χ4n) is 1.70. The predicted octanol–water partition coefficient (Wildman–Crippen LogP) is 1.77. The molecule has 0 spiro atoms. The average Bonchev–Trinajstić information content (AvgIpc) is 2.34. The first-order valence-electron chi connectivity index (χ1n) is 5.95. The third-order valence-corrected chi connectivity index (χ3v) is 2.91. The van der Waals surface area contributed by atoms with Gasteiger partial charge in [-0.2, -0.15) is 0 Å². The molecule has 1 atom stereocenters. The van der Waals surface area contributed by atoms with Gasteiger partial charge in [-0.1, -0.05) is 42.7 Å². The number of halogens is 1. The van der Waals surface area contributed by atoms with E-state index in [9.17, 15) is 4.79 Å². The van der Waals surface area contributed by atoms with Crippen molar-refractivity contribution in [2.45, 2.75) is 26.3 Å². The van der Waals surface area contributed by atoms with E-state index >= 15 is 0 Å². The highest BCUT2D eigenvalue weighted by molar-refractivity contribution is 6.30. The van der Waals surface area contributed by atoms with Gasteiger partial charge in [-0.05, 0) is 23.6 Å². The molecule has 1 amide bonds. The van der Waals surface area contributed by atoms with E-state index in [-0.39, 0.29) is 24.1 Å². The molecule has 0 aliphatic heterocycles. The van der Waals surface area contributed by atoms with E-state index in [0.717, 1.165) is 5.56 Å². The van der Waals surface area contributed by atoms with Crippen LogP contribution in [0.5, 0.6) is 0 Å². The maximum atomic E-state index is 11.9. The van der Waals surface area contributed by atoms with Crippen LogP contribution >= 0.6 is 11.6 Å². The van der Waals surface area contributed by atoms with E-state index < -0.39 is 6.04 Å². The monoisotopic (exact) mass is 283 g/mol. The van der Waals surface area contributed by atoms with Crippen LogP contribution in [0.25, 0.3) is 0 Å². The lowest BCUT2D eigenvalue weighted by Gasteiger charge is -2.20. The van der Waals surface area contributed by atoms with Crippen LogP contribution < -0.4 is 11.1 Å². The summed E-state index contributed by atoms with van der Waals surface area (Å²) in [5, 5.41) is 15.0. The Morgan fingerprint density at radius 3 is 2.74 bits per heavy atom. The van der Waals surface area contributed by atoms with Crippen molar-refractivity contribution in [1.29, 1.82) is 0 Å². The van der Waals surface area contributed by atoms with Gasteiger partial charge >= 0.3 is 0 Å². The van der Waals surface area contributed by atoms with Crippen molar-refractivity contribution in [3.63, 3.8) is 0 Å². The summed E-state index contributed by atoms with van der Waals surface area (Å²) in [5.74, 6) is -0.179. The largest absolute Gasteiger partial charge is 0.409 e. The Morgan fingerprint density at radius 1 is 1.53 bits per heavy atom. The fraction of sp³-hybridized carbons (Fsp3) is 0.385. The topological polar surface area (TPSA) is 87.7 Å². The van der Waals surface area contributed by atoms with Gasteiger partial charge in [0.1, 0.15) is 0 Å². The number of hydrogen-bond acceptors (Lipinski definition) is 3. The van der Waals surface area contributed by atoms with E-state index in [4.69, 9.17) is 22.5 Å². The van der Waals surface area contributed by atoms with E-state index in [0.29, 0.717) is 5.02 Å². The molecule has 6 heteroatoms. The molecule has 0 saturated carbocycles. The van der Waals surface area contributed by atoms with Gasteiger partial charge < -0.3 is 16.3 Å². The normalized spacial score (nSPS) is 13.4. The molecule has 1 aromatic carbocycles. The molecule has 0 saturated heterocycles. The SMILES string of the molecule is CC(C)C(NC(=O)Cc1cccc(Cl)c1)C(N)=NO. The molecule has 19 heavy (non-hydrogen) atoms. The minimum absolute atomic E-state index is 0.00514. The Hall–Kier alpha value is -1.75. The van der Waals surface area contributed by atoms with Gasteiger partial charge in [0, 0.05) is 5.02 Å². The first-order valence-corrected chi connectivity index (χ1v) is 6.33. The summed E-state index contributed by atoms with van der Waals surface area (Å²) in [6.07, 6.45) is 0.197. The molecule has 0 fully saturated rings. The minimum Gasteiger partial charge on any atom is -0.409 e. The van der Waals surface area contributed by atoms with Crippen molar-refractivity contribution >= 4 is 23.3 Å². The van der Waals surface area contributed by atoms with Crippen LogP contribution in [0.1, 0.15) is 19.4 Å². The number of carbonyl (C=O) groups excluding carboxylic acids is 1. The highest BCUT2D eigenvalue weighted by atomic mass is 35.5. The number of rotatable bonds is 5. The summed E-state index contributed by atoms with van der Waals surface area (Å²) >= 11 is 5.85. The Balaban J connectivity index is 2.68. The number of amides is 1. The number of nitrogens with one attached hydrogen (secondary N) is 1. The zero-order valence-electron chi connectivity index (χ0n) is 10.9. The summed E-state index contributed by atoms with van der Waals surface area (Å²) in [5.41, 5.74) is 6.36. The molecule has 0 bridgehead atoms. The lowest BCUT2D eigenvalue weighted by Crippen LogP contribution is -2.48. The van der Waals surface area contributed by atoms with Crippen LogP contribution in [0.2, 0.25) is 5.02 Å². The highest BCUT2D eigenvalue weighted by Crippen LogP contribution is 2.11. The van der Waals surface area contributed by atoms with Gasteiger partial charge in [0.15, 0.2) is 5.84 Å². The van der Waals surface area contributed by atoms with Crippen LogP contribution in [0, 0.1) is 5.92 Å². The molecule has 0 aliphatic rings. The van der Waals surface area contributed by atoms with Gasteiger partial charge in [-0.25, -0.2) is 0 Å². The molecule has 0 heterocycles. The third-order valence-electron chi connectivity index (χ3n) is 2.67. The van der Waals surface area contributed by atoms with Crippen LogP contribution in [0.3, 0.4) is 0 Å². The highest BCUT2D eigenvalue weighted by Gasteiger charge is 2.20. The van der Waals surface area contributed by atoms with Gasteiger partial charge in [0.05, 0.1) is 12.5 Å². The maximum Gasteiger partial charge on any atom is 0.225 e. The number of oxime groups is 1. The molecular formula is C13H18ClN3O2. The Morgan fingerprint density at radius 2 is 2.21 bits per heavy atom. The zero-order valence-corrected chi connectivity index (χ0v) is 11.7. The lowest BCUT2D eigenvalue weighted by molar-refractivity contribution is -0.121. The second-order valence-electron chi connectivity index (χ2n) is 4.62. The first-order chi connectivity index (χ1) is 8.93. The number of amidine groups is 1. The molecule has 0 radical (unpaired) electrons. The molecule has 104 valence electrons. The van der Waals surface area contributed by atoms with Gasteiger partial charge in [0.25, 0.3) is 0 Å². The van der Waals surface area contributed by atoms with Crippen molar-refractivity contribution in [3.8, 4) is 0 Å². The molecular weight excluding hydrogens is 266 g/mol. The molecule has 5 nitrogen and oxygen atoms in total. The predicted molar refractivity (Wildman–Crippen MR) is 75.3 cm³/mol. The quantitative estimate of drug-likeness (QED) is 0.333. The second-order valence-corrected chi connectivity index (χ2v) is 5.06. The molecule has 1 unspecified atom stereocenters. The van der Waals surface area contributed by atoms with Gasteiger partial charge in [0.2, 0.25) is 5.91 Å². The van der Waals surface area contributed by atoms with Crippen LogP contribution in [0.15, 0.2) is 29.4 Å². The number of nitrogens with two attached hydrogens (primary N) is 1. The lowest BCUT2D eigenvalue weighted by atomic mass is 10.0. The van der Waals surface area contributed by atoms with Crippen LogP contribution in [0.4, 0.5) is 0 Å². The van der Waals surface area contributed by atoms with Crippen molar-refractivity contribution < 1.29 is 10.0 Å². The van der Waals surface area contributed by atoms with Crippen LogP contribution in [-0.2, 0) is 11.2 Å². The van der Waals surface area contributed by atoms with E-state index in [2.05, 4.69) is 10.5 Å². The number of hydrogen-bond donors (Lipinski definition) is 3. The summed E-state index contributed by atoms with van der Waals surface area (Å²) in [7, 11) is 0. The Labute approximate surface area is 117 Å². The van der Waals surface area contributed by atoms with E-state index in [1.807, 2.05) is 19.9 Å². The van der Waals surface area contributed by atoms with Crippen molar-refractivity contribution in [3.05, 3.63) is 34.9 Å². The zero-order chi connectivity index (χ0) is 14.4. The van der Waals surface area contributed by atoms with Crippen molar-refractivity contribution in [2.75, 3.05) is 0 Å². The molecule has 1 rings (SSSR count). The minimum atomic E-state index is -0.489. The van der Waals surface area contributed by atoms with Crippen LogP contribution in [-0.4, -0.2) is 23.0 Å².